The molecule has 4 aromatic rings. The number of allylic oxidation sites excluding steroid dienone is 1. The van der Waals surface area contributed by atoms with Gasteiger partial charge in [0, 0.05) is 10.9 Å². The molecule has 0 saturated heterocycles. The lowest BCUT2D eigenvalue weighted by molar-refractivity contribution is 0.415. The Balaban J connectivity index is 1.58. The van der Waals surface area contributed by atoms with Gasteiger partial charge in [-0.2, -0.15) is 5.26 Å². The highest BCUT2D eigenvalue weighted by Gasteiger charge is 2.09. The molecule has 3 nitrogen and oxygen atoms in total. The monoisotopic (exact) mass is 394 g/mol. The van der Waals surface area contributed by atoms with Gasteiger partial charge in [0.1, 0.15) is 16.8 Å². The van der Waals surface area contributed by atoms with E-state index in [-0.39, 0.29) is 0 Å². The number of methoxy groups -OCH3 is 1. The molecule has 0 aliphatic rings. The number of hydrogen-bond donors (Lipinski definition) is 0. The molecule has 0 aliphatic carbocycles. The van der Waals surface area contributed by atoms with Crippen molar-refractivity contribution < 1.29 is 4.74 Å². The number of nitrogens with zero attached hydrogens (tertiary/aromatic N) is 2. The lowest BCUT2D eigenvalue weighted by Crippen LogP contribution is -1.85. The van der Waals surface area contributed by atoms with Crippen molar-refractivity contribution in [3.05, 3.63) is 94.8 Å². The van der Waals surface area contributed by atoms with Gasteiger partial charge in [0.15, 0.2) is 0 Å². The normalized spacial score (nSPS) is 11.1. The molecule has 4 heteroatoms. The Morgan fingerprint density at radius 3 is 2.21 bits per heavy atom. The highest BCUT2D eigenvalue weighted by Crippen LogP contribution is 2.28. The van der Waals surface area contributed by atoms with Crippen LogP contribution in [-0.2, 0) is 0 Å². The Morgan fingerprint density at radius 2 is 1.55 bits per heavy atom. The highest BCUT2D eigenvalue weighted by atomic mass is 32.1. The van der Waals surface area contributed by atoms with E-state index in [0.717, 1.165) is 28.1 Å². The van der Waals surface area contributed by atoms with Gasteiger partial charge in [-0.15, -0.1) is 11.3 Å². The number of nitriles is 1. The van der Waals surface area contributed by atoms with E-state index in [1.807, 2.05) is 66.1 Å². The van der Waals surface area contributed by atoms with Crippen LogP contribution in [0.2, 0.25) is 0 Å². The van der Waals surface area contributed by atoms with Crippen molar-refractivity contribution in [2.75, 3.05) is 7.11 Å². The first-order chi connectivity index (χ1) is 14.3. The molecule has 0 atom stereocenters. The van der Waals surface area contributed by atoms with Gasteiger partial charge in [0.2, 0.25) is 0 Å². The Hall–Kier alpha value is -3.68. The van der Waals surface area contributed by atoms with E-state index in [2.05, 4.69) is 35.3 Å². The van der Waals surface area contributed by atoms with Crippen molar-refractivity contribution in [2.45, 2.75) is 0 Å². The van der Waals surface area contributed by atoms with Gasteiger partial charge >= 0.3 is 0 Å². The maximum Gasteiger partial charge on any atom is 0.134 e. The molecule has 140 valence electrons. The molecule has 0 saturated carbocycles. The fraction of sp³-hybridized carbons (Fsp3) is 0.0400. The van der Waals surface area contributed by atoms with Crippen molar-refractivity contribution in [1.29, 1.82) is 5.26 Å². The quantitative estimate of drug-likeness (QED) is 0.361. The first kappa shape index (κ1) is 18.7. The first-order valence-corrected chi connectivity index (χ1v) is 10.0. The van der Waals surface area contributed by atoms with Gasteiger partial charge in [-0.1, -0.05) is 54.6 Å². The zero-order valence-electron chi connectivity index (χ0n) is 15.9. The minimum Gasteiger partial charge on any atom is -0.497 e. The summed E-state index contributed by atoms with van der Waals surface area (Å²) in [6, 6.07) is 28.5. The summed E-state index contributed by atoms with van der Waals surface area (Å²) in [4.78, 5) is 4.66. The summed E-state index contributed by atoms with van der Waals surface area (Å²) in [5, 5.41) is 12.3. The molecule has 1 heterocycles. The molecular weight excluding hydrogens is 376 g/mol. The third kappa shape index (κ3) is 4.26. The summed E-state index contributed by atoms with van der Waals surface area (Å²) >= 11 is 1.47. The molecule has 0 radical (unpaired) electrons. The van der Waals surface area contributed by atoms with Gasteiger partial charge in [0.05, 0.1) is 18.4 Å². The van der Waals surface area contributed by atoms with Crippen LogP contribution >= 0.6 is 11.3 Å². The van der Waals surface area contributed by atoms with Crippen LogP contribution in [0.25, 0.3) is 34.0 Å². The first-order valence-electron chi connectivity index (χ1n) is 9.14. The summed E-state index contributed by atoms with van der Waals surface area (Å²) in [6.45, 7) is 0. The zero-order chi connectivity index (χ0) is 20.1. The van der Waals surface area contributed by atoms with E-state index in [1.165, 1.54) is 16.9 Å². The summed E-state index contributed by atoms with van der Waals surface area (Å²) in [5.41, 5.74) is 5.71. The van der Waals surface area contributed by atoms with E-state index < -0.39 is 0 Å². The molecule has 0 spiro atoms. The topological polar surface area (TPSA) is 45.9 Å². The smallest absolute Gasteiger partial charge is 0.134 e. The van der Waals surface area contributed by atoms with Crippen molar-refractivity contribution in [3.8, 4) is 34.2 Å². The molecule has 0 amide bonds. The molecule has 1 aromatic heterocycles. The Kier molecular flexibility index (Phi) is 5.51. The third-order valence-electron chi connectivity index (χ3n) is 4.57. The van der Waals surface area contributed by atoms with Gasteiger partial charge in [-0.25, -0.2) is 4.98 Å². The van der Waals surface area contributed by atoms with Crippen LogP contribution in [-0.4, -0.2) is 12.1 Å². The van der Waals surface area contributed by atoms with Crippen molar-refractivity contribution in [2.24, 2.45) is 0 Å². The molecule has 0 aliphatic heterocycles. The molecular formula is C25H18N2OS. The van der Waals surface area contributed by atoms with E-state index in [9.17, 15) is 5.26 Å². The number of aromatic nitrogens is 1. The predicted molar refractivity (Wildman–Crippen MR) is 119 cm³/mol. The van der Waals surface area contributed by atoms with Crippen LogP contribution in [0.15, 0.2) is 84.2 Å². The van der Waals surface area contributed by atoms with Crippen molar-refractivity contribution in [3.63, 3.8) is 0 Å². The molecule has 0 bridgehead atoms. The van der Waals surface area contributed by atoms with Crippen LogP contribution in [0.5, 0.6) is 5.75 Å². The molecule has 4 rings (SSSR count). The Morgan fingerprint density at radius 1 is 0.897 bits per heavy atom. The number of hydrogen-bond acceptors (Lipinski definition) is 4. The minimum atomic E-state index is 0.558. The number of thiazole rings is 1. The molecule has 3 aromatic carbocycles. The summed E-state index contributed by atoms with van der Waals surface area (Å²) in [5.74, 6) is 0.806. The van der Waals surface area contributed by atoms with E-state index in [0.29, 0.717) is 10.6 Å². The van der Waals surface area contributed by atoms with Gasteiger partial charge < -0.3 is 4.74 Å². The largest absolute Gasteiger partial charge is 0.497 e. The van der Waals surface area contributed by atoms with Crippen molar-refractivity contribution >= 4 is 23.0 Å². The lowest BCUT2D eigenvalue weighted by atomic mass is 10.0. The van der Waals surface area contributed by atoms with E-state index >= 15 is 0 Å². The van der Waals surface area contributed by atoms with E-state index in [1.54, 1.807) is 7.11 Å². The second-order valence-electron chi connectivity index (χ2n) is 6.42. The maximum absolute atomic E-state index is 9.65. The highest BCUT2D eigenvalue weighted by molar-refractivity contribution is 7.11. The number of rotatable bonds is 5. The van der Waals surface area contributed by atoms with Gasteiger partial charge in [-0.05, 0) is 47.0 Å². The fourth-order valence-electron chi connectivity index (χ4n) is 3.00. The third-order valence-corrected chi connectivity index (χ3v) is 5.45. The van der Waals surface area contributed by atoms with Crippen LogP contribution < -0.4 is 4.74 Å². The average Bonchev–Trinajstić information content (AvgIpc) is 3.28. The second kappa shape index (κ2) is 8.55. The Bertz CT molecular complexity index is 1170. The van der Waals surface area contributed by atoms with Crippen LogP contribution in [0.3, 0.4) is 0 Å². The summed E-state index contributed by atoms with van der Waals surface area (Å²) in [7, 11) is 1.65. The fourth-order valence-corrected chi connectivity index (χ4v) is 3.80. The molecule has 29 heavy (non-hydrogen) atoms. The maximum atomic E-state index is 9.65. The summed E-state index contributed by atoms with van der Waals surface area (Å²) in [6.07, 6.45) is 1.88. The van der Waals surface area contributed by atoms with Gasteiger partial charge in [-0.3, -0.25) is 0 Å². The lowest BCUT2D eigenvalue weighted by Gasteiger charge is -2.02. The molecule has 0 unspecified atom stereocenters. The zero-order valence-corrected chi connectivity index (χ0v) is 16.7. The average molecular weight is 394 g/mol. The SMILES string of the molecule is COc1ccc(-c2csc(C(C#N)=Cc3ccc(-c4ccccc4)cc3)n2)cc1. The van der Waals surface area contributed by atoms with E-state index in [4.69, 9.17) is 4.74 Å². The van der Waals surface area contributed by atoms with Gasteiger partial charge in [0.25, 0.3) is 0 Å². The molecule has 0 N–H and O–H groups in total. The minimum absolute atomic E-state index is 0.558. The standard InChI is InChI=1S/C25H18N2OS/c1-28-23-13-11-21(12-14-23)24-17-29-25(27-24)22(16-26)15-18-7-9-20(10-8-18)19-5-3-2-4-6-19/h2-15,17H,1H3. The second-order valence-corrected chi connectivity index (χ2v) is 7.28. The molecule has 0 fully saturated rings. The number of benzene rings is 3. The summed E-state index contributed by atoms with van der Waals surface area (Å²) < 4.78 is 5.20. The van der Waals surface area contributed by atoms with Crippen LogP contribution in [0, 0.1) is 11.3 Å². The van der Waals surface area contributed by atoms with Crippen LogP contribution in [0.4, 0.5) is 0 Å². The Labute approximate surface area is 174 Å². The predicted octanol–water partition coefficient (Wildman–Crippen LogP) is 6.55. The van der Waals surface area contributed by atoms with Crippen LogP contribution in [0.1, 0.15) is 10.6 Å². The van der Waals surface area contributed by atoms with Crippen molar-refractivity contribution in [1.82, 2.24) is 4.98 Å². The number of ether oxygens (including phenoxy) is 1.